The Morgan fingerprint density at radius 3 is 2.80 bits per heavy atom. The van der Waals surface area contributed by atoms with Crippen LogP contribution in [-0.2, 0) is 0 Å². The van der Waals surface area contributed by atoms with Gasteiger partial charge in [-0.1, -0.05) is 19.3 Å². The predicted octanol–water partition coefficient (Wildman–Crippen LogP) is 2.22. The van der Waals surface area contributed by atoms with Crippen LogP contribution in [0, 0.1) is 5.82 Å². The van der Waals surface area contributed by atoms with Crippen molar-refractivity contribution in [3.05, 3.63) is 29.6 Å². The molecule has 2 atom stereocenters. The second-order valence-electron chi connectivity index (χ2n) is 5.23. The summed E-state index contributed by atoms with van der Waals surface area (Å²) in [5.41, 5.74) is 6.36. The fraction of sp³-hybridized carbons (Fsp3) is 0.533. The second kappa shape index (κ2) is 6.70. The number of carbonyl (C=O) groups is 1. The molecule has 3 N–H and O–H groups in total. The number of hydrogen-bond acceptors (Lipinski definition) is 3. The van der Waals surface area contributed by atoms with Gasteiger partial charge in [0.05, 0.1) is 7.11 Å². The van der Waals surface area contributed by atoms with E-state index in [1.165, 1.54) is 19.2 Å². The summed E-state index contributed by atoms with van der Waals surface area (Å²) in [4.78, 5) is 12.1. The normalized spacial score (nSPS) is 22.9. The third kappa shape index (κ3) is 3.48. The molecule has 2 unspecified atom stereocenters. The predicted molar refractivity (Wildman–Crippen MR) is 75.3 cm³/mol. The van der Waals surface area contributed by atoms with Gasteiger partial charge in [-0.25, -0.2) is 4.39 Å². The minimum Gasteiger partial charge on any atom is -0.494 e. The van der Waals surface area contributed by atoms with E-state index in [0.717, 1.165) is 32.1 Å². The number of ether oxygens (including phenoxy) is 1. The summed E-state index contributed by atoms with van der Waals surface area (Å²) in [6, 6.07) is 4.15. The maximum atomic E-state index is 13.6. The van der Waals surface area contributed by atoms with Crippen LogP contribution < -0.4 is 15.8 Å². The van der Waals surface area contributed by atoms with E-state index in [4.69, 9.17) is 10.5 Å². The minimum atomic E-state index is -0.537. The van der Waals surface area contributed by atoms with Gasteiger partial charge < -0.3 is 15.8 Å². The Morgan fingerprint density at radius 2 is 2.10 bits per heavy atom. The van der Waals surface area contributed by atoms with E-state index in [9.17, 15) is 9.18 Å². The molecule has 0 spiro atoms. The molecule has 0 radical (unpaired) electrons. The van der Waals surface area contributed by atoms with Crippen molar-refractivity contribution < 1.29 is 13.9 Å². The van der Waals surface area contributed by atoms with Crippen molar-refractivity contribution in [2.45, 2.75) is 44.2 Å². The highest BCUT2D eigenvalue weighted by Gasteiger charge is 2.22. The molecule has 0 bridgehead atoms. The highest BCUT2D eigenvalue weighted by atomic mass is 19.1. The second-order valence-corrected chi connectivity index (χ2v) is 5.23. The van der Waals surface area contributed by atoms with Gasteiger partial charge in [0.1, 0.15) is 0 Å². The van der Waals surface area contributed by atoms with E-state index >= 15 is 0 Å². The Balaban J connectivity index is 2.05. The molecule has 1 aromatic rings. The third-order valence-corrected chi connectivity index (χ3v) is 3.80. The number of benzene rings is 1. The Hall–Kier alpha value is -1.62. The van der Waals surface area contributed by atoms with E-state index in [0.29, 0.717) is 5.56 Å². The first-order chi connectivity index (χ1) is 9.61. The number of hydrogen-bond donors (Lipinski definition) is 2. The first kappa shape index (κ1) is 14.8. The summed E-state index contributed by atoms with van der Waals surface area (Å²) in [5.74, 6) is -0.688. The largest absolute Gasteiger partial charge is 0.494 e. The highest BCUT2D eigenvalue weighted by molar-refractivity contribution is 5.94. The topological polar surface area (TPSA) is 64.3 Å². The first-order valence-electron chi connectivity index (χ1n) is 7.02. The lowest BCUT2D eigenvalue weighted by Crippen LogP contribution is -2.46. The minimum absolute atomic E-state index is 0.0236. The zero-order chi connectivity index (χ0) is 14.5. The van der Waals surface area contributed by atoms with Crippen molar-refractivity contribution in [3.8, 4) is 5.75 Å². The van der Waals surface area contributed by atoms with Gasteiger partial charge in [0.2, 0.25) is 0 Å². The van der Waals surface area contributed by atoms with Crippen LogP contribution in [0.4, 0.5) is 4.39 Å². The average Bonchev–Trinajstić information content (AvgIpc) is 2.64. The molecule has 1 amide bonds. The van der Waals surface area contributed by atoms with Crippen LogP contribution in [0.25, 0.3) is 0 Å². The number of nitrogens with two attached hydrogens (primary N) is 1. The smallest absolute Gasteiger partial charge is 0.251 e. The highest BCUT2D eigenvalue weighted by Crippen LogP contribution is 2.19. The van der Waals surface area contributed by atoms with Crippen molar-refractivity contribution in [2.24, 2.45) is 5.73 Å². The molecule has 5 heteroatoms. The van der Waals surface area contributed by atoms with Crippen molar-refractivity contribution in [1.29, 1.82) is 0 Å². The van der Waals surface area contributed by atoms with Crippen molar-refractivity contribution >= 4 is 5.91 Å². The molecule has 20 heavy (non-hydrogen) atoms. The van der Waals surface area contributed by atoms with Gasteiger partial charge in [0.15, 0.2) is 11.6 Å². The lowest BCUT2D eigenvalue weighted by atomic mass is 10.0. The third-order valence-electron chi connectivity index (χ3n) is 3.80. The number of rotatable bonds is 3. The molecular formula is C15H21FN2O2. The molecule has 1 saturated carbocycles. The molecule has 1 fully saturated rings. The van der Waals surface area contributed by atoms with Gasteiger partial charge in [0, 0.05) is 17.6 Å². The number of nitrogens with one attached hydrogen (secondary N) is 1. The van der Waals surface area contributed by atoms with Gasteiger partial charge in [0.25, 0.3) is 5.91 Å². The molecule has 0 heterocycles. The molecule has 0 saturated heterocycles. The molecule has 4 nitrogen and oxygen atoms in total. The number of amides is 1. The molecule has 1 aromatic carbocycles. The standard InChI is InChI=1S/C15H21FN2O2/c1-20-14-8-7-10(9-11(14)16)15(19)18-13-6-4-2-3-5-12(13)17/h7-9,12-13H,2-6,17H2,1H3,(H,18,19). The lowest BCUT2D eigenvalue weighted by molar-refractivity contribution is 0.0928. The first-order valence-corrected chi connectivity index (χ1v) is 7.02. The fourth-order valence-electron chi connectivity index (χ4n) is 2.57. The molecular weight excluding hydrogens is 259 g/mol. The van der Waals surface area contributed by atoms with Gasteiger partial charge in [-0.15, -0.1) is 0 Å². The molecule has 110 valence electrons. The van der Waals surface area contributed by atoms with Gasteiger partial charge in [-0.05, 0) is 31.0 Å². The van der Waals surface area contributed by atoms with Crippen LogP contribution in [0.3, 0.4) is 0 Å². The number of carbonyl (C=O) groups excluding carboxylic acids is 1. The maximum absolute atomic E-state index is 13.6. The quantitative estimate of drug-likeness (QED) is 0.834. The van der Waals surface area contributed by atoms with E-state index in [1.807, 2.05) is 0 Å². The number of halogens is 1. The van der Waals surface area contributed by atoms with E-state index < -0.39 is 5.82 Å². The van der Waals surface area contributed by atoms with Gasteiger partial charge in [-0.3, -0.25) is 4.79 Å². The SMILES string of the molecule is COc1ccc(C(=O)NC2CCCCCC2N)cc1F. The molecule has 1 aliphatic carbocycles. The van der Waals surface area contributed by atoms with Crippen molar-refractivity contribution in [3.63, 3.8) is 0 Å². The Bertz CT molecular complexity index is 479. The zero-order valence-corrected chi connectivity index (χ0v) is 11.7. The van der Waals surface area contributed by atoms with Crippen LogP contribution >= 0.6 is 0 Å². The molecule has 0 aliphatic heterocycles. The van der Waals surface area contributed by atoms with E-state index in [2.05, 4.69) is 5.32 Å². The van der Waals surface area contributed by atoms with Gasteiger partial charge >= 0.3 is 0 Å². The van der Waals surface area contributed by atoms with Gasteiger partial charge in [-0.2, -0.15) is 0 Å². The average molecular weight is 280 g/mol. The summed E-state index contributed by atoms with van der Waals surface area (Å²) in [6.45, 7) is 0. The Labute approximate surface area is 118 Å². The van der Waals surface area contributed by atoms with Crippen molar-refractivity contribution in [2.75, 3.05) is 7.11 Å². The Morgan fingerprint density at radius 1 is 1.35 bits per heavy atom. The summed E-state index contributed by atoms with van der Waals surface area (Å²) in [5, 5.41) is 2.92. The van der Waals surface area contributed by atoms with E-state index in [-0.39, 0.29) is 23.7 Å². The molecule has 2 rings (SSSR count). The van der Waals surface area contributed by atoms with E-state index in [1.54, 1.807) is 6.07 Å². The molecule has 0 aromatic heterocycles. The van der Waals surface area contributed by atoms with Crippen LogP contribution in [0.5, 0.6) is 5.75 Å². The van der Waals surface area contributed by atoms with Crippen LogP contribution in [0.2, 0.25) is 0 Å². The van der Waals surface area contributed by atoms with Crippen LogP contribution in [0.1, 0.15) is 42.5 Å². The monoisotopic (exact) mass is 280 g/mol. The fourth-order valence-corrected chi connectivity index (χ4v) is 2.57. The summed E-state index contributed by atoms with van der Waals surface area (Å²) in [6.07, 6.45) is 5.12. The summed E-state index contributed by atoms with van der Waals surface area (Å²) < 4.78 is 18.4. The van der Waals surface area contributed by atoms with Crippen LogP contribution in [0.15, 0.2) is 18.2 Å². The van der Waals surface area contributed by atoms with Crippen LogP contribution in [-0.4, -0.2) is 25.1 Å². The molecule has 1 aliphatic rings. The Kier molecular flexibility index (Phi) is 4.95. The lowest BCUT2D eigenvalue weighted by Gasteiger charge is -2.22. The zero-order valence-electron chi connectivity index (χ0n) is 11.7. The van der Waals surface area contributed by atoms with Crippen molar-refractivity contribution in [1.82, 2.24) is 5.32 Å². The number of methoxy groups -OCH3 is 1. The maximum Gasteiger partial charge on any atom is 0.251 e. The summed E-state index contributed by atoms with van der Waals surface area (Å²) in [7, 11) is 1.39. The summed E-state index contributed by atoms with van der Waals surface area (Å²) >= 11 is 0.